The quantitative estimate of drug-likeness (QED) is 0.798. The van der Waals surface area contributed by atoms with Gasteiger partial charge in [-0.05, 0) is 41.6 Å². The Morgan fingerprint density at radius 1 is 1.33 bits per heavy atom. The molecule has 3 aromatic rings. The number of halogens is 1. The predicted octanol–water partition coefficient (Wildman–Crippen LogP) is 2.41. The van der Waals surface area contributed by atoms with Gasteiger partial charge in [0.15, 0.2) is 5.65 Å². The standard InChI is InChI=1S/C10H9ClN6S/c1-6(7-2-3-8(11)18-7)12-9-4-5-10-13-15-16-17(10)14-9/h2-6H,1H3,(H,12,14). The van der Waals surface area contributed by atoms with Crippen molar-refractivity contribution >= 4 is 34.4 Å². The first-order valence-corrected chi connectivity index (χ1v) is 6.49. The molecule has 1 N–H and O–H groups in total. The first-order valence-electron chi connectivity index (χ1n) is 5.29. The molecule has 0 saturated heterocycles. The van der Waals surface area contributed by atoms with Crippen molar-refractivity contribution in [2.45, 2.75) is 13.0 Å². The van der Waals surface area contributed by atoms with Gasteiger partial charge in [0.2, 0.25) is 0 Å². The minimum absolute atomic E-state index is 0.129. The Hall–Kier alpha value is -1.73. The third kappa shape index (κ3) is 2.14. The lowest BCUT2D eigenvalue weighted by Crippen LogP contribution is -2.08. The summed E-state index contributed by atoms with van der Waals surface area (Å²) in [6, 6.07) is 7.67. The number of nitrogens with zero attached hydrogens (tertiary/aromatic N) is 5. The van der Waals surface area contributed by atoms with Gasteiger partial charge in [-0.25, -0.2) is 0 Å². The summed E-state index contributed by atoms with van der Waals surface area (Å²) >= 11 is 7.46. The molecule has 92 valence electrons. The molecule has 8 heteroatoms. The van der Waals surface area contributed by atoms with E-state index in [4.69, 9.17) is 11.6 Å². The zero-order valence-corrected chi connectivity index (χ0v) is 11.0. The average molecular weight is 281 g/mol. The Kier molecular flexibility index (Phi) is 2.85. The predicted molar refractivity (Wildman–Crippen MR) is 69.9 cm³/mol. The van der Waals surface area contributed by atoms with E-state index in [0.717, 1.165) is 9.21 Å². The van der Waals surface area contributed by atoms with Crippen LogP contribution in [-0.2, 0) is 0 Å². The van der Waals surface area contributed by atoms with Gasteiger partial charge in [0, 0.05) is 4.88 Å². The smallest absolute Gasteiger partial charge is 0.200 e. The normalized spacial score (nSPS) is 12.8. The molecule has 0 aromatic carbocycles. The Morgan fingerprint density at radius 3 is 3.00 bits per heavy atom. The zero-order chi connectivity index (χ0) is 12.5. The fourth-order valence-corrected chi connectivity index (χ4v) is 2.64. The SMILES string of the molecule is CC(Nc1ccc2nnnn2n1)c1ccc(Cl)s1. The van der Waals surface area contributed by atoms with Gasteiger partial charge in [-0.3, -0.25) is 0 Å². The molecule has 0 bridgehead atoms. The maximum atomic E-state index is 5.92. The van der Waals surface area contributed by atoms with E-state index < -0.39 is 0 Å². The summed E-state index contributed by atoms with van der Waals surface area (Å²) in [5, 5.41) is 18.6. The minimum Gasteiger partial charge on any atom is -0.361 e. The summed E-state index contributed by atoms with van der Waals surface area (Å²) in [7, 11) is 0. The maximum absolute atomic E-state index is 5.92. The monoisotopic (exact) mass is 280 g/mol. The third-order valence-electron chi connectivity index (χ3n) is 2.45. The van der Waals surface area contributed by atoms with Crippen molar-refractivity contribution in [3.8, 4) is 0 Å². The summed E-state index contributed by atoms with van der Waals surface area (Å²) < 4.78 is 2.17. The Morgan fingerprint density at radius 2 is 2.22 bits per heavy atom. The van der Waals surface area contributed by atoms with Gasteiger partial charge in [-0.1, -0.05) is 11.6 Å². The summed E-state index contributed by atoms with van der Waals surface area (Å²) in [5.41, 5.74) is 0.618. The lowest BCUT2D eigenvalue weighted by atomic mass is 10.3. The number of anilines is 1. The summed E-state index contributed by atoms with van der Waals surface area (Å²) in [4.78, 5) is 1.15. The van der Waals surface area contributed by atoms with E-state index in [-0.39, 0.29) is 6.04 Å². The van der Waals surface area contributed by atoms with Gasteiger partial charge in [-0.15, -0.1) is 26.2 Å². The fourth-order valence-electron chi connectivity index (χ4n) is 1.58. The number of hydrogen-bond donors (Lipinski definition) is 1. The van der Waals surface area contributed by atoms with Crippen LogP contribution in [0.15, 0.2) is 24.3 Å². The first kappa shape index (κ1) is 11.4. The second-order valence-corrected chi connectivity index (χ2v) is 5.50. The molecule has 0 saturated carbocycles. The highest BCUT2D eigenvalue weighted by Gasteiger charge is 2.09. The summed E-state index contributed by atoms with van der Waals surface area (Å²) in [6.07, 6.45) is 0. The van der Waals surface area contributed by atoms with Crippen LogP contribution in [0.25, 0.3) is 5.65 Å². The van der Waals surface area contributed by atoms with Crippen LogP contribution in [0.4, 0.5) is 5.82 Å². The number of thiophene rings is 1. The second-order valence-electron chi connectivity index (χ2n) is 3.75. The number of fused-ring (bicyclic) bond motifs is 1. The molecule has 3 heterocycles. The lowest BCUT2D eigenvalue weighted by molar-refractivity contribution is 0.729. The van der Waals surface area contributed by atoms with Crippen LogP contribution in [0.1, 0.15) is 17.8 Å². The van der Waals surface area contributed by atoms with Crippen LogP contribution >= 0.6 is 22.9 Å². The molecular weight excluding hydrogens is 272 g/mol. The topological polar surface area (TPSA) is 68.0 Å². The number of rotatable bonds is 3. The van der Waals surface area contributed by atoms with E-state index in [0.29, 0.717) is 11.5 Å². The molecule has 0 spiro atoms. The van der Waals surface area contributed by atoms with Gasteiger partial charge < -0.3 is 5.32 Å². The van der Waals surface area contributed by atoms with Crippen LogP contribution in [0.2, 0.25) is 4.34 Å². The highest BCUT2D eigenvalue weighted by molar-refractivity contribution is 7.16. The van der Waals surface area contributed by atoms with Crippen molar-refractivity contribution in [3.63, 3.8) is 0 Å². The molecule has 6 nitrogen and oxygen atoms in total. The Balaban J connectivity index is 1.83. The molecule has 3 aromatic heterocycles. The van der Waals surface area contributed by atoms with E-state index in [2.05, 4.69) is 25.9 Å². The van der Waals surface area contributed by atoms with Crippen LogP contribution in [-0.4, -0.2) is 25.3 Å². The van der Waals surface area contributed by atoms with Crippen molar-refractivity contribution in [3.05, 3.63) is 33.5 Å². The molecule has 0 radical (unpaired) electrons. The molecule has 1 unspecified atom stereocenters. The van der Waals surface area contributed by atoms with Gasteiger partial charge in [-0.2, -0.15) is 0 Å². The Labute approximate surface area is 112 Å². The third-order valence-corrected chi connectivity index (χ3v) is 3.87. The van der Waals surface area contributed by atoms with Crippen molar-refractivity contribution in [2.24, 2.45) is 0 Å². The highest BCUT2D eigenvalue weighted by atomic mass is 35.5. The van der Waals surface area contributed by atoms with E-state index in [1.54, 1.807) is 11.3 Å². The van der Waals surface area contributed by atoms with Gasteiger partial charge in [0.05, 0.1) is 10.4 Å². The first-order chi connectivity index (χ1) is 8.72. The van der Waals surface area contributed by atoms with E-state index in [1.807, 2.05) is 31.2 Å². The molecule has 0 aliphatic rings. The average Bonchev–Trinajstić information content (AvgIpc) is 2.96. The fraction of sp³-hybridized carbons (Fsp3) is 0.200. The minimum atomic E-state index is 0.129. The molecule has 0 fully saturated rings. The van der Waals surface area contributed by atoms with Crippen molar-refractivity contribution < 1.29 is 0 Å². The number of aromatic nitrogens is 5. The summed E-state index contributed by atoms with van der Waals surface area (Å²) in [5.74, 6) is 0.715. The molecular formula is C10H9ClN6S. The van der Waals surface area contributed by atoms with Crippen molar-refractivity contribution in [2.75, 3.05) is 5.32 Å². The van der Waals surface area contributed by atoms with E-state index in [9.17, 15) is 0 Å². The van der Waals surface area contributed by atoms with Crippen LogP contribution in [0, 0.1) is 0 Å². The number of nitrogens with one attached hydrogen (secondary N) is 1. The molecule has 0 amide bonds. The Bertz CT molecular complexity index is 678. The van der Waals surface area contributed by atoms with Gasteiger partial charge in [0.1, 0.15) is 5.82 Å². The molecule has 3 rings (SSSR count). The van der Waals surface area contributed by atoms with E-state index in [1.165, 1.54) is 4.63 Å². The number of tetrazole rings is 1. The van der Waals surface area contributed by atoms with Crippen LogP contribution < -0.4 is 5.32 Å². The highest BCUT2D eigenvalue weighted by Crippen LogP contribution is 2.28. The maximum Gasteiger partial charge on any atom is 0.200 e. The van der Waals surface area contributed by atoms with Crippen molar-refractivity contribution in [1.29, 1.82) is 0 Å². The van der Waals surface area contributed by atoms with Gasteiger partial charge >= 0.3 is 0 Å². The second kappa shape index (κ2) is 4.51. The lowest BCUT2D eigenvalue weighted by Gasteiger charge is -2.12. The van der Waals surface area contributed by atoms with Crippen molar-refractivity contribution in [1.82, 2.24) is 25.3 Å². The number of hydrogen-bond acceptors (Lipinski definition) is 6. The largest absolute Gasteiger partial charge is 0.361 e. The molecule has 1 atom stereocenters. The zero-order valence-electron chi connectivity index (χ0n) is 9.41. The molecule has 18 heavy (non-hydrogen) atoms. The van der Waals surface area contributed by atoms with E-state index >= 15 is 0 Å². The van der Waals surface area contributed by atoms with Crippen LogP contribution in [0.3, 0.4) is 0 Å². The van der Waals surface area contributed by atoms with Crippen LogP contribution in [0.5, 0.6) is 0 Å². The summed E-state index contributed by atoms with van der Waals surface area (Å²) in [6.45, 7) is 2.05. The molecule has 0 aliphatic carbocycles. The molecule has 0 aliphatic heterocycles. The van der Waals surface area contributed by atoms with Gasteiger partial charge in [0.25, 0.3) is 0 Å².